The molecule has 1 N–H and O–H groups in total. The normalized spacial score (nSPS) is 10.7. The highest BCUT2D eigenvalue weighted by Crippen LogP contribution is 2.28. The first-order chi connectivity index (χ1) is 11.8. The average molecular weight is 333 g/mol. The van der Waals surface area contributed by atoms with Crippen LogP contribution in [0.1, 0.15) is 10.5 Å². The van der Waals surface area contributed by atoms with Crippen LogP contribution in [-0.4, -0.2) is 25.8 Å². The molecule has 0 aliphatic heterocycles. The van der Waals surface area contributed by atoms with E-state index in [1.807, 2.05) is 29.6 Å². The molecular formula is C17H11N5OS. The van der Waals surface area contributed by atoms with Gasteiger partial charge in [0.25, 0.3) is 5.91 Å². The molecular weight excluding hydrogens is 322 g/mol. The highest BCUT2D eigenvalue weighted by Gasteiger charge is 2.12. The Morgan fingerprint density at radius 3 is 2.79 bits per heavy atom. The maximum Gasteiger partial charge on any atom is 0.275 e. The van der Waals surface area contributed by atoms with E-state index in [0.717, 1.165) is 21.5 Å². The smallest absolute Gasteiger partial charge is 0.275 e. The molecule has 0 atom stereocenters. The molecule has 0 fully saturated rings. The van der Waals surface area contributed by atoms with Gasteiger partial charge in [0.2, 0.25) is 0 Å². The summed E-state index contributed by atoms with van der Waals surface area (Å²) in [5, 5.41) is 6.44. The number of hydrogen-bond donors (Lipinski definition) is 1. The number of amides is 1. The van der Waals surface area contributed by atoms with Gasteiger partial charge in [-0.25, -0.2) is 15.0 Å². The van der Waals surface area contributed by atoms with Crippen LogP contribution in [0.25, 0.3) is 21.5 Å². The van der Waals surface area contributed by atoms with Gasteiger partial charge in [0.1, 0.15) is 10.7 Å². The number of para-hydroxylation sites is 1. The summed E-state index contributed by atoms with van der Waals surface area (Å²) in [5.74, 6) is 0.0592. The predicted molar refractivity (Wildman–Crippen MR) is 92.8 cm³/mol. The van der Waals surface area contributed by atoms with Crippen molar-refractivity contribution >= 4 is 34.0 Å². The van der Waals surface area contributed by atoms with Crippen molar-refractivity contribution in [1.82, 2.24) is 19.9 Å². The van der Waals surface area contributed by atoms with Crippen LogP contribution in [0.3, 0.4) is 0 Å². The molecule has 1 aromatic carbocycles. The Morgan fingerprint density at radius 1 is 1.04 bits per heavy atom. The Labute approximate surface area is 141 Å². The maximum atomic E-state index is 12.4. The summed E-state index contributed by atoms with van der Waals surface area (Å²) in [5.41, 5.74) is 1.98. The summed E-state index contributed by atoms with van der Waals surface area (Å²) < 4.78 is 0. The number of nitrogens with one attached hydrogen (secondary N) is 1. The monoisotopic (exact) mass is 333 g/mol. The third-order valence-corrected chi connectivity index (χ3v) is 4.23. The van der Waals surface area contributed by atoms with Crippen molar-refractivity contribution in [2.75, 3.05) is 5.32 Å². The average Bonchev–Trinajstić information content (AvgIpc) is 3.16. The van der Waals surface area contributed by atoms with Crippen LogP contribution in [0.2, 0.25) is 0 Å². The number of hydrogen-bond acceptors (Lipinski definition) is 6. The van der Waals surface area contributed by atoms with E-state index in [0.29, 0.717) is 11.5 Å². The Morgan fingerprint density at radius 2 is 2.00 bits per heavy atom. The van der Waals surface area contributed by atoms with Gasteiger partial charge in [0.15, 0.2) is 5.82 Å². The minimum Gasteiger partial charge on any atom is -0.304 e. The first-order valence-corrected chi connectivity index (χ1v) is 8.06. The lowest BCUT2D eigenvalue weighted by Gasteiger charge is -2.07. The van der Waals surface area contributed by atoms with Gasteiger partial charge in [-0.2, -0.15) is 0 Å². The van der Waals surface area contributed by atoms with Gasteiger partial charge >= 0.3 is 0 Å². The molecule has 6 nitrogen and oxygen atoms in total. The lowest BCUT2D eigenvalue weighted by molar-refractivity contribution is 0.102. The maximum absolute atomic E-state index is 12.4. The lowest BCUT2D eigenvalue weighted by Crippen LogP contribution is -2.14. The van der Waals surface area contributed by atoms with Crippen LogP contribution in [0, 0.1) is 0 Å². The molecule has 7 heteroatoms. The molecule has 0 saturated heterocycles. The Bertz CT molecular complexity index is 1000. The SMILES string of the molecule is O=C(Nc1cnccn1)c1ccc2cccc(-c3nccs3)c2n1. The molecule has 0 aliphatic rings. The number of carbonyl (C=O) groups is 1. The van der Waals surface area contributed by atoms with Crippen molar-refractivity contribution in [2.24, 2.45) is 0 Å². The van der Waals surface area contributed by atoms with Crippen LogP contribution in [0.4, 0.5) is 5.82 Å². The van der Waals surface area contributed by atoms with Gasteiger partial charge in [-0.1, -0.05) is 18.2 Å². The minimum absolute atomic E-state index is 0.317. The van der Waals surface area contributed by atoms with Gasteiger partial charge in [-0.15, -0.1) is 11.3 Å². The van der Waals surface area contributed by atoms with E-state index < -0.39 is 0 Å². The predicted octanol–water partition coefficient (Wildman–Crippen LogP) is 3.40. The summed E-state index contributed by atoms with van der Waals surface area (Å²) in [7, 11) is 0. The highest BCUT2D eigenvalue weighted by atomic mass is 32.1. The molecule has 0 saturated carbocycles. The van der Waals surface area contributed by atoms with Crippen LogP contribution < -0.4 is 5.32 Å². The number of anilines is 1. The van der Waals surface area contributed by atoms with E-state index in [9.17, 15) is 4.79 Å². The number of rotatable bonds is 3. The van der Waals surface area contributed by atoms with Crippen LogP contribution >= 0.6 is 11.3 Å². The molecule has 4 aromatic rings. The van der Waals surface area contributed by atoms with Crippen LogP contribution in [0.5, 0.6) is 0 Å². The quantitative estimate of drug-likeness (QED) is 0.621. The molecule has 1 amide bonds. The van der Waals surface area contributed by atoms with Gasteiger partial charge < -0.3 is 5.32 Å². The third kappa shape index (κ3) is 2.72. The number of nitrogens with zero attached hydrogens (tertiary/aromatic N) is 4. The summed E-state index contributed by atoms with van der Waals surface area (Å²) in [4.78, 5) is 29.2. The summed E-state index contributed by atoms with van der Waals surface area (Å²) in [6, 6.07) is 9.45. The first-order valence-electron chi connectivity index (χ1n) is 7.18. The Hall–Kier alpha value is -3.19. The molecule has 24 heavy (non-hydrogen) atoms. The first kappa shape index (κ1) is 14.4. The zero-order chi connectivity index (χ0) is 16.4. The third-order valence-electron chi connectivity index (χ3n) is 3.42. The molecule has 0 unspecified atom stereocenters. The molecule has 4 rings (SSSR count). The topological polar surface area (TPSA) is 80.7 Å². The van der Waals surface area contributed by atoms with E-state index in [4.69, 9.17) is 0 Å². The zero-order valence-corrected chi connectivity index (χ0v) is 13.2. The fourth-order valence-electron chi connectivity index (χ4n) is 2.35. The zero-order valence-electron chi connectivity index (χ0n) is 12.4. The number of aromatic nitrogens is 4. The van der Waals surface area contributed by atoms with Gasteiger partial charge in [-0.05, 0) is 12.1 Å². The van der Waals surface area contributed by atoms with Crippen molar-refractivity contribution in [1.29, 1.82) is 0 Å². The van der Waals surface area contributed by atoms with Crippen molar-refractivity contribution in [3.63, 3.8) is 0 Å². The Balaban J connectivity index is 1.75. The van der Waals surface area contributed by atoms with Crippen molar-refractivity contribution < 1.29 is 4.79 Å². The molecule has 0 radical (unpaired) electrons. The fourth-order valence-corrected chi connectivity index (χ4v) is 3.01. The van der Waals surface area contributed by atoms with Gasteiger partial charge in [0, 0.05) is 34.9 Å². The van der Waals surface area contributed by atoms with Crippen molar-refractivity contribution in [3.8, 4) is 10.6 Å². The number of thiazole rings is 1. The number of benzene rings is 1. The Kier molecular flexibility index (Phi) is 3.68. The molecule has 0 aliphatic carbocycles. The standard InChI is InChI=1S/C17H11N5OS/c23-16(22-14-10-18-6-7-19-14)13-5-4-11-2-1-3-12(15(11)21-13)17-20-8-9-24-17/h1-10H,(H,19,22,23). The van der Waals surface area contributed by atoms with E-state index in [1.165, 1.54) is 23.7 Å². The minimum atomic E-state index is -0.327. The number of carbonyl (C=O) groups excluding carboxylic acids is 1. The van der Waals surface area contributed by atoms with E-state index in [1.54, 1.807) is 18.5 Å². The second kappa shape index (κ2) is 6.13. The van der Waals surface area contributed by atoms with E-state index in [-0.39, 0.29) is 5.91 Å². The van der Waals surface area contributed by atoms with E-state index >= 15 is 0 Å². The second-order valence-electron chi connectivity index (χ2n) is 4.96. The van der Waals surface area contributed by atoms with Crippen molar-refractivity contribution in [3.05, 3.63) is 66.2 Å². The summed E-state index contributed by atoms with van der Waals surface area (Å²) in [6.07, 6.45) is 6.30. The molecule has 3 aromatic heterocycles. The largest absolute Gasteiger partial charge is 0.304 e. The lowest BCUT2D eigenvalue weighted by atomic mass is 10.1. The number of pyridine rings is 1. The molecule has 116 valence electrons. The van der Waals surface area contributed by atoms with Crippen LogP contribution in [0.15, 0.2) is 60.5 Å². The molecule has 0 spiro atoms. The van der Waals surface area contributed by atoms with Gasteiger partial charge in [-0.3, -0.25) is 9.78 Å². The fraction of sp³-hybridized carbons (Fsp3) is 0. The second-order valence-corrected chi connectivity index (χ2v) is 5.85. The summed E-state index contributed by atoms with van der Waals surface area (Å²) >= 11 is 1.54. The molecule has 3 heterocycles. The summed E-state index contributed by atoms with van der Waals surface area (Å²) in [6.45, 7) is 0. The molecule has 0 bridgehead atoms. The van der Waals surface area contributed by atoms with Crippen LogP contribution in [-0.2, 0) is 0 Å². The van der Waals surface area contributed by atoms with Gasteiger partial charge in [0.05, 0.1) is 11.7 Å². The van der Waals surface area contributed by atoms with E-state index in [2.05, 4.69) is 25.3 Å². The van der Waals surface area contributed by atoms with Crippen molar-refractivity contribution in [2.45, 2.75) is 0 Å². The number of fused-ring (bicyclic) bond motifs is 1. The highest BCUT2D eigenvalue weighted by molar-refractivity contribution is 7.13.